The first kappa shape index (κ1) is 20.6. The molecule has 7 nitrogen and oxygen atoms in total. The Morgan fingerprint density at radius 2 is 1.58 bits per heavy atom. The first-order chi connectivity index (χ1) is 16.0. The van der Waals surface area contributed by atoms with Gasteiger partial charge in [0.1, 0.15) is 0 Å². The van der Waals surface area contributed by atoms with Crippen LogP contribution in [0, 0.1) is 0 Å². The molecule has 164 valence electrons. The van der Waals surface area contributed by atoms with Crippen LogP contribution in [0.3, 0.4) is 0 Å². The molecule has 3 aromatic carbocycles. The molecule has 0 spiro atoms. The van der Waals surface area contributed by atoms with Crippen LogP contribution in [0.4, 0.5) is 5.69 Å². The van der Waals surface area contributed by atoms with Crippen molar-refractivity contribution in [3.63, 3.8) is 0 Å². The van der Waals surface area contributed by atoms with Gasteiger partial charge >= 0.3 is 5.97 Å². The van der Waals surface area contributed by atoms with Gasteiger partial charge in [-0.15, -0.1) is 0 Å². The Kier molecular flexibility index (Phi) is 5.22. The number of benzene rings is 3. The van der Waals surface area contributed by atoms with Crippen molar-refractivity contribution >= 4 is 28.3 Å². The van der Waals surface area contributed by atoms with Crippen LogP contribution in [0.15, 0.2) is 83.7 Å². The standard InChI is InChI=1S/C26H21N3O4/c1-17(24(30)28-16-15-18-9-5-8-14-22(18)28)33-26(32)23-20-12-6-7-13-21(20)25(31)29(27-23)19-10-3-2-4-11-19/h2-14,17H,15-16H2,1H3/t17-/m0/s1. The average Bonchev–Trinajstić information content (AvgIpc) is 3.28. The maximum atomic E-state index is 13.2. The van der Waals surface area contributed by atoms with Gasteiger partial charge in [0.15, 0.2) is 11.8 Å². The number of esters is 1. The molecule has 0 fully saturated rings. The highest BCUT2D eigenvalue weighted by Crippen LogP contribution is 2.28. The molecule has 5 rings (SSSR count). The minimum absolute atomic E-state index is 0.0180. The van der Waals surface area contributed by atoms with E-state index >= 15 is 0 Å². The summed E-state index contributed by atoms with van der Waals surface area (Å²) in [4.78, 5) is 40.9. The lowest BCUT2D eigenvalue weighted by Crippen LogP contribution is -2.39. The van der Waals surface area contributed by atoms with E-state index in [9.17, 15) is 14.4 Å². The van der Waals surface area contributed by atoms with E-state index in [0.717, 1.165) is 17.7 Å². The summed E-state index contributed by atoms with van der Waals surface area (Å²) in [5.41, 5.74) is 2.10. The number of hydrogen-bond donors (Lipinski definition) is 0. The molecule has 0 bridgehead atoms. The van der Waals surface area contributed by atoms with E-state index in [4.69, 9.17) is 4.74 Å². The molecule has 0 aliphatic carbocycles. The van der Waals surface area contributed by atoms with Crippen molar-refractivity contribution in [2.75, 3.05) is 11.4 Å². The smallest absolute Gasteiger partial charge is 0.360 e. The Morgan fingerprint density at radius 1 is 0.909 bits per heavy atom. The lowest BCUT2D eigenvalue weighted by molar-refractivity contribution is -0.126. The summed E-state index contributed by atoms with van der Waals surface area (Å²) >= 11 is 0. The number of fused-ring (bicyclic) bond motifs is 2. The molecule has 1 amide bonds. The molecule has 33 heavy (non-hydrogen) atoms. The summed E-state index contributed by atoms with van der Waals surface area (Å²) in [7, 11) is 0. The van der Waals surface area contributed by atoms with Gasteiger partial charge in [0.05, 0.1) is 11.1 Å². The molecule has 1 aliphatic heterocycles. The van der Waals surface area contributed by atoms with Gasteiger partial charge in [0.2, 0.25) is 0 Å². The third-order valence-electron chi connectivity index (χ3n) is 5.78. The van der Waals surface area contributed by atoms with Crippen LogP contribution in [0.5, 0.6) is 0 Å². The first-order valence-electron chi connectivity index (χ1n) is 10.7. The van der Waals surface area contributed by atoms with Crippen molar-refractivity contribution in [2.45, 2.75) is 19.4 Å². The highest BCUT2D eigenvalue weighted by atomic mass is 16.5. The average molecular weight is 439 g/mol. The number of amides is 1. The number of hydrogen-bond acceptors (Lipinski definition) is 5. The third-order valence-corrected chi connectivity index (χ3v) is 5.78. The molecule has 1 aliphatic rings. The molecule has 1 atom stereocenters. The maximum absolute atomic E-state index is 13.2. The fourth-order valence-electron chi connectivity index (χ4n) is 4.14. The van der Waals surface area contributed by atoms with E-state index in [1.165, 1.54) is 4.68 Å². The van der Waals surface area contributed by atoms with Crippen molar-refractivity contribution < 1.29 is 14.3 Å². The predicted octanol–water partition coefficient (Wildman–Crippen LogP) is 3.52. The largest absolute Gasteiger partial charge is 0.448 e. The van der Waals surface area contributed by atoms with Crippen molar-refractivity contribution in [1.29, 1.82) is 0 Å². The number of carbonyl (C=O) groups is 2. The van der Waals surface area contributed by atoms with E-state index in [-0.39, 0.29) is 17.2 Å². The summed E-state index contributed by atoms with van der Waals surface area (Å²) in [5.74, 6) is -1.06. The lowest BCUT2D eigenvalue weighted by atomic mass is 10.1. The van der Waals surface area contributed by atoms with Gasteiger partial charge in [-0.05, 0) is 43.2 Å². The van der Waals surface area contributed by atoms with Crippen LogP contribution < -0.4 is 10.5 Å². The number of para-hydroxylation sites is 2. The van der Waals surface area contributed by atoms with E-state index in [0.29, 0.717) is 23.0 Å². The minimum atomic E-state index is -1.01. The normalized spacial score (nSPS) is 13.5. The summed E-state index contributed by atoms with van der Waals surface area (Å²) in [6.45, 7) is 2.09. The molecule has 0 saturated heterocycles. The summed E-state index contributed by atoms with van der Waals surface area (Å²) < 4.78 is 6.74. The summed E-state index contributed by atoms with van der Waals surface area (Å²) in [6, 6.07) is 23.3. The molecular formula is C26H21N3O4. The van der Waals surface area contributed by atoms with Gasteiger partial charge < -0.3 is 9.64 Å². The maximum Gasteiger partial charge on any atom is 0.360 e. The molecular weight excluding hydrogens is 418 g/mol. The van der Waals surface area contributed by atoms with Gasteiger partial charge in [0, 0.05) is 17.6 Å². The number of nitrogens with zero attached hydrogens (tertiary/aromatic N) is 3. The fourth-order valence-corrected chi connectivity index (χ4v) is 4.14. The number of rotatable bonds is 4. The molecule has 2 heterocycles. The summed E-state index contributed by atoms with van der Waals surface area (Å²) in [6.07, 6.45) is -0.252. The topological polar surface area (TPSA) is 81.5 Å². The SMILES string of the molecule is C[C@H](OC(=O)c1nn(-c2ccccc2)c(=O)c2ccccc12)C(=O)N1CCc2ccccc21. The Labute approximate surface area is 189 Å². The van der Waals surface area contributed by atoms with Crippen molar-refractivity contribution in [2.24, 2.45) is 0 Å². The number of carbonyl (C=O) groups excluding carboxylic acids is 2. The highest BCUT2D eigenvalue weighted by molar-refractivity contribution is 6.04. The molecule has 4 aromatic rings. The monoisotopic (exact) mass is 439 g/mol. The molecule has 1 aromatic heterocycles. The zero-order chi connectivity index (χ0) is 22.9. The fraction of sp³-hybridized carbons (Fsp3) is 0.154. The number of ether oxygens (including phenoxy) is 1. The summed E-state index contributed by atoms with van der Waals surface area (Å²) in [5, 5.41) is 5.04. The van der Waals surface area contributed by atoms with Gasteiger partial charge in [-0.25, -0.2) is 4.79 Å². The van der Waals surface area contributed by atoms with Crippen LogP contribution >= 0.6 is 0 Å². The van der Waals surface area contributed by atoms with E-state index < -0.39 is 12.1 Å². The second-order valence-electron chi connectivity index (χ2n) is 7.86. The molecule has 0 saturated carbocycles. The Morgan fingerprint density at radius 3 is 2.36 bits per heavy atom. The first-order valence-corrected chi connectivity index (χ1v) is 10.7. The second kappa shape index (κ2) is 8.35. The van der Waals surface area contributed by atoms with E-state index in [1.54, 1.807) is 60.4 Å². The molecule has 0 N–H and O–H groups in total. The molecule has 7 heteroatoms. The van der Waals surface area contributed by atoms with Crippen molar-refractivity contribution in [3.8, 4) is 5.69 Å². The third kappa shape index (κ3) is 3.67. The van der Waals surface area contributed by atoms with Crippen LogP contribution in [-0.4, -0.2) is 34.3 Å². The lowest BCUT2D eigenvalue weighted by Gasteiger charge is -2.22. The molecule has 0 radical (unpaired) electrons. The van der Waals surface area contributed by atoms with Gasteiger partial charge in [-0.2, -0.15) is 9.78 Å². The van der Waals surface area contributed by atoms with Gasteiger partial charge in [0.25, 0.3) is 11.5 Å². The van der Waals surface area contributed by atoms with Gasteiger partial charge in [-0.1, -0.05) is 54.6 Å². The molecule has 0 unspecified atom stereocenters. The Balaban J connectivity index is 1.48. The zero-order valence-corrected chi connectivity index (χ0v) is 18.0. The Hall–Kier alpha value is -4.26. The van der Waals surface area contributed by atoms with Crippen LogP contribution in [0.2, 0.25) is 0 Å². The van der Waals surface area contributed by atoms with E-state index in [1.807, 2.05) is 30.3 Å². The highest BCUT2D eigenvalue weighted by Gasteiger charge is 2.31. The van der Waals surface area contributed by atoms with E-state index in [2.05, 4.69) is 5.10 Å². The van der Waals surface area contributed by atoms with Crippen molar-refractivity contribution in [1.82, 2.24) is 9.78 Å². The quantitative estimate of drug-likeness (QED) is 0.455. The van der Waals surface area contributed by atoms with Gasteiger partial charge in [-0.3, -0.25) is 9.59 Å². The number of anilines is 1. The number of aromatic nitrogens is 2. The van der Waals surface area contributed by atoms with Crippen LogP contribution in [0.25, 0.3) is 16.5 Å². The Bertz CT molecular complexity index is 1430. The second-order valence-corrected chi connectivity index (χ2v) is 7.86. The van der Waals surface area contributed by atoms with Crippen LogP contribution in [-0.2, 0) is 16.0 Å². The predicted molar refractivity (Wildman–Crippen MR) is 125 cm³/mol. The minimum Gasteiger partial charge on any atom is -0.448 e. The van der Waals surface area contributed by atoms with Crippen molar-refractivity contribution in [3.05, 3.63) is 100 Å². The zero-order valence-electron chi connectivity index (χ0n) is 18.0. The van der Waals surface area contributed by atoms with Crippen LogP contribution in [0.1, 0.15) is 23.0 Å².